The molecule has 2 rings (SSSR count). The van der Waals surface area contributed by atoms with Gasteiger partial charge in [0.25, 0.3) is 11.1 Å². The Hall–Kier alpha value is -2.02. The van der Waals surface area contributed by atoms with E-state index < -0.39 is 11.3 Å². The number of para-hydroxylation sites is 1. The van der Waals surface area contributed by atoms with Crippen molar-refractivity contribution in [3.63, 3.8) is 0 Å². The van der Waals surface area contributed by atoms with Crippen molar-refractivity contribution in [2.24, 2.45) is 5.92 Å². The third kappa shape index (κ3) is 3.36. The van der Waals surface area contributed by atoms with E-state index in [9.17, 15) is 14.4 Å². The highest BCUT2D eigenvalue weighted by Gasteiger charge is 2.40. The number of benzene rings is 1. The number of nitrogens with one attached hydrogen (secondary N) is 1. The summed E-state index contributed by atoms with van der Waals surface area (Å²) in [6.45, 7) is 4.21. The molecule has 1 aromatic rings. The number of thioether (sulfide) groups is 1. The van der Waals surface area contributed by atoms with Crippen molar-refractivity contribution in [2.75, 3.05) is 11.9 Å². The van der Waals surface area contributed by atoms with Gasteiger partial charge in [0, 0.05) is 12.2 Å². The van der Waals surface area contributed by atoms with Crippen LogP contribution in [-0.4, -0.2) is 39.0 Å². The van der Waals surface area contributed by atoms with Gasteiger partial charge in [0.15, 0.2) is 5.37 Å². The maximum absolute atomic E-state index is 12.2. The number of rotatable bonds is 5. The summed E-state index contributed by atoms with van der Waals surface area (Å²) in [4.78, 5) is 36.4. The number of imide groups is 1. The van der Waals surface area contributed by atoms with Gasteiger partial charge in [-0.15, -0.1) is 0 Å². The summed E-state index contributed by atoms with van der Waals surface area (Å²) in [5.74, 6) is -1.23. The fourth-order valence-corrected chi connectivity index (χ4v) is 2.91. The Morgan fingerprint density at radius 2 is 2.05 bits per heavy atom. The minimum atomic E-state index is -1.08. The molecule has 6 nitrogen and oxygen atoms in total. The third-order valence-corrected chi connectivity index (χ3v) is 3.90. The average molecular weight is 308 g/mol. The molecule has 112 valence electrons. The molecule has 1 aliphatic heterocycles. The van der Waals surface area contributed by atoms with Crippen molar-refractivity contribution >= 4 is 34.6 Å². The molecule has 1 fully saturated rings. The molecule has 1 aromatic carbocycles. The lowest BCUT2D eigenvalue weighted by atomic mass is 10.2. The average Bonchev–Trinajstić information content (AvgIpc) is 2.66. The molecule has 7 heteroatoms. The van der Waals surface area contributed by atoms with Crippen LogP contribution in [0.4, 0.5) is 10.5 Å². The predicted octanol–water partition coefficient (Wildman–Crippen LogP) is 2.47. The van der Waals surface area contributed by atoms with Crippen LogP contribution in [0.15, 0.2) is 24.3 Å². The van der Waals surface area contributed by atoms with E-state index in [0.29, 0.717) is 12.2 Å². The molecule has 1 saturated heterocycles. The van der Waals surface area contributed by atoms with Crippen LogP contribution in [0, 0.1) is 5.92 Å². The number of carbonyl (C=O) groups excluding carboxylic acids is 2. The van der Waals surface area contributed by atoms with Crippen LogP contribution in [0.5, 0.6) is 0 Å². The van der Waals surface area contributed by atoms with Crippen molar-refractivity contribution < 1.29 is 19.5 Å². The van der Waals surface area contributed by atoms with Gasteiger partial charge in [0.05, 0.1) is 5.56 Å². The number of carboxylic acids is 1. The second kappa shape index (κ2) is 6.17. The van der Waals surface area contributed by atoms with Gasteiger partial charge < -0.3 is 10.4 Å². The molecule has 0 spiro atoms. The monoisotopic (exact) mass is 308 g/mol. The van der Waals surface area contributed by atoms with E-state index in [4.69, 9.17) is 5.11 Å². The normalized spacial score (nSPS) is 18.4. The van der Waals surface area contributed by atoms with E-state index in [1.807, 2.05) is 13.8 Å². The molecule has 1 heterocycles. The number of carbonyl (C=O) groups is 3. The molecule has 2 N–H and O–H groups in total. The van der Waals surface area contributed by atoms with Gasteiger partial charge in [-0.3, -0.25) is 14.5 Å². The Morgan fingerprint density at radius 1 is 1.38 bits per heavy atom. The minimum absolute atomic E-state index is 0.0701. The highest BCUT2D eigenvalue weighted by Crippen LogP contribution is 2.29. The highest BCUT2D eigenvalue weighted by atomic mass is 32.2. The quantitative estimate of drug-likeness (QED) is 0.869. The summed E-state index contributed by atoms with van der Waals surface area (Å²) in [5.41, 5.74) is 0.399. The lowest BCUT2D eigenvalue weighted by molar-refractivity contribution is -0.126. The first-order chi connectivity index (χ1) is 9.90. The number of anilines is 1. The van der Waals surface area contributed by atoms with Crippen molar-refractivity contribution in [3.8, 4) is 0 Å². The Labute approximate surface area is 126 Å². The van der Waals surface area contributed by atoms with Crippen molar-refractivity contribution in [2.45, 2.75) is 19.2 Å². The van der Waals surface area contributed by atoms with Crippen LogP contribution in [0.25, 0.3) is 0 Å². The first-order valence-electron chi connectivity index (χ1n) is 6.51. The zero-order valence-electron chi connectivity index (χ0n) is 11.7. The van der Waals surface area contributed by atoms with Crippen LogP contribution >= 0.6 is 11.8 Å². The number of aromatic carboxylic acids is 1. The van der Waals surface area contributed by atoms with Gasteiger partial charge in [-0.2, -0.15) is 0 Å². The molecule has 2 amide bonds. The van der Waals surface area contributed by atoms with E-state index in [2.05, 4.69) is 5.32 Å². The maximum Gasteiger partial charge on any atom is 0.337 e. The zero-order valence-corrected chi connectivity index (χ0v) is 12.5. The summed E-state index contributed by atoms with van der Waals surface area (Å²) in [7, 11) is 0. The van der Waals surface area contributed by atoms with Gasteiger partial charge in [-0.25, -0.2) is 4.79 Å². The topological polar surface area (TPSA) is 86.7 Å². The number of hydrogen-bond donors (Lipinski definition) is 2. The largest absolute Gasteiger partial charge is 0.478 e. The summed E-state index contributed by atoms with van der Waals surface area (Å²) in [6, 6.07) is 6.30. The summed E-state index contributed by atoms with van der Waals surface area (Å²) in [5, 5.41) is 10.9. The lowest BCUT2D eigenvalue weighted by Gasteiger charge is -2.17. The molecule has 1 unspecified atom stereocenters. The number of hydrogen-bond acceptors (Lipinski definition) is 5. The van der Waals surface area contributed by atoms with Gasteiger partial charge in [-0.05, 0) is 29.8 Å². The maximum atomic E-state index is 12.2. The van der Waals surface area contributed by atoms with Crippen molar-refractivity contribution in [1.29, 1.82) is 0 Å². The minimum Gasteiger partial charge on any atom is -0.478 e. The summed E-state index contributed by atoms with van der Waals surface area (Å²) >= 11 is 0.872. The summed E-state index contributed by atoms with van der Waals surface area (Å²) < 4.78 is 0. The molecule has 21 heavy (non-hydrogen) atoms. The van der Waals surface area contributed by atoms with Gasteiger partial charge in [0.2, 0.25) is 0 Å². The standard InChI is InChI=1S/C14H16N2O4S/c1-8(2)7-16-12(17)11(21-14(16)20)15-10-6-4-3-5-9(10)13(18)19/h3-6,8,11,15H,7H2,1-2H3,(H,18,19). The van der Waals surface area contributed by atoms with Crippen molar-refractivity contribution in [3.05, 3.63) is 29.8 Å². The first-order valence-corrected chi connectivity index (χ1v) is 7.39. The van der Waals surface area contributed by atoms with Crippen LogP contribution in [0.3, 0.4) is 0 Å². The van der Waals surface area contributed by atoms with Gasteiger partial charge in [0.1, 0.15) is 0 Å². The van der Waals surface area contributed by atoms with Crippen molar-refractivity contribution in [1.82, 2.24) is 4.90 Å². The first kappa shape index (κ1) is 15.4. The Morgan fingerprint density at radius 3 is 2.67 bits per heavy atom. The third-order valence-electron chi connectivity index (χ3n) is 2.92. The fourth-order valence-electron chi connectivity index (χ4n) is 2.00. The van der Waals surface area contributed by atoms with Crippen LogP contribution in [-0.2, 0) is 4.79 Å². The Bertz CT molecular complexity index is 588. The van der Waals surface area contributed by atoms with E-state index in [0.717, 1.165) is 11.8 Å². The molecule has 1 aliphatic rings. The Kier molecular flexibility index (Phi) is 4.52. The molecule has 0 aromatic heterocycles. The number of carboxylic acid groups (broad SMARTS) is 1. The summed E-state index contributed by atoms with van der Waals surface area (Å²) in [6.07, 6.45) is 0. The number of nitrogens with zero attached hydrogens (tertiary/aromatic N) is 1. The van der Waals surface area contributed by atoms with E-state index in [1.165, 1.54) is 11.0 Å². The molecular formula is C14H16N2O4S. The van der Waals surface area contributed by atoms with Crippen LogP contribution < -0.4 is 5.32 Å². The molecule has 1 atom stereocenters. The molecule has 0 bridgehead atoms. The Balaban J connectivity index is 2.16. The van der Waals surface area contributed by atoms with Crippen LogP contribution in [0.1, 0.15) is 24.2 Å². The second-order valence-electron chi connectivity index (χ2n) is 5.10. The molecular weight excluding hydrogens is 292 g/mol. The van der Waals surface area contributed by atoms with E-state index >= 15 is 0 Å². The van der Waals surface area contributed by atoms with E-state index in [-0.39, 0.29) is 22.6 Å². The molecule has 0 saturated carbocycles. The van der Waals surface area contributed by atoms with Gasteiger partial charge >= 0.3 is 5.97 Å². The number of amides is 2. The van der Waals surface area contributed by atoms with Gasteiger partial charge in [-0.1, -0.05) is 26.0 Å². The molecule has 0 radical (unpaired) electrons. The SMILES string of the molecule is CC(C)CN1C(=O)SC(Nc2ccccc2C(=O)O)C1=O. The smallest absolute Gasteiger partial charge is 0.337 e. The van der Waals surface area contributed by atoms with E-state index in [1.54, 1.807) is 18.2 Å². The zero-order chi connectivity index (χ0) is 15.6. The highest BCUT2D eigenvalue weighted by molar-refractivity contribution is 8.15. The second-order valence-corrected chi connectivity index (χ2v) is 6.16. The lowest BCUT2D eigenvalue weighted by Crippen LogP contribution is -2.36. The predicted molar refractivity (Wildman–Crippen MR) is 80.4 cm³/mol. The fraction of sp³-hybridized carbons (Fsp3) is 0.357. The molecule has 0 aliphatic carbocycles. The van der Waals surface area contributed by atoms with Crippen LogP contribution in [0.2, 0.25) is 0 Å².